The Balaban J connectivity index is 2.29. The van der Waals surface area contributed by atoms with Gasteiger partial charge in [0.2, 0.25) is 11.8 Å². The molecule has 0 aromatic carbocycles. The molecule has 3 atom stereocenters. The monoisotopic (exact) mass is 280 g/mol. The average molecular weight is 280 g/mol. The summed E-state index contributed by atoms with van der Waals surface area (Å²) in [5.74, 6) is 0.576. The first-order valence-corrected chi connectivity index (χ1v) is 8.07. The molecule has 114 valence electrons. The molecule has 20 heavy (non-hydrogen) atoms. The quantitative estimate of drug-likeness (QED) is 0.863. The Morgan fingerprint density at radius 3 is 2.40 bits per heavy atom. The van der Waals surface area contributed by atoms with E-state index < -0.39 is 5.54 Å². The summed E-state index contributed by atoms with van der Waals surface area (Å²) in [5.41, 5.74) is -0.608. The standard InChI is InChI=1S/C16H28N2O2/c1-5-11(2)12(3)18-13(4)14(19)17-16(15(18)20)9-7-6-8-10-16/h11-13H,5-10H2,1-4H3,(H,17,19). The molecule has 0 bridgehead atoms. The van der Waals surface area contributed by atoms with Crippen LogP contribution in [0.2, 0.25) is 0 Å². The molecule has 1 aliphatic carbocycles. The highest BCUT2D eigenvalue weighted by atomic mass is 16.2. The third-order valence-electron chi connectivity index (χ3n) is 5.42. The Labute approximate surface area is 122 Å². The third kappa shape index (κ3) is 2.45. The zero-order chi connectivity index (χ0) is 14.9. The normalized spacial score (nSPS) is 29.2. The lowest BCUT2D eigenvalue weighted by Gasteiger charge is -2.49. The van der Waals surface area contributed by atoms with Crippen LogP contribution in [0.5, 0.6) is 0 Å². The van der Waals surface area contributed by atoms with Crippen LogP contribution in [0, 0.1) is 5.92 Å². The first-order valence-electron chi connectivity index (χ1n) is 8.07. The number of piperazine rings is 1. The SMILES string of the molecule is CCC(C)C(C)N1C(=O)C2(CCCCC2)NC(=O)C1C. The van der Waals surface area contributed by atoms with Gasteiger partial charge in [-0.3, -0.25) is 9.59 Å². The maximum atomic E-state index is 13.0. The maximum absolute atomic E-state index is 13.0. The summed E-state index contributed by atoms with van der Waals surface area (Å²) in [7, 11) is 0. The molecule has 1 spiro atoms. The molecule has 2 amide bonds. The van der Waals surface area contributed by atoms with E-state index >= 15 is 0 Å². The number of hydrogen-bond donors (Lipinski definition) is 1. The first kappa shape index (κ1) is 15.3. The topological polar surface area (TPSA) is 49.4 Å². The molecular weight excluding hydrogens is 252 g/mol. The van der Waals surface area contributed by atoms with Gasteiger partial charge in [0.1, 0.15) is 11.6 Å². The number of carbonyl (C=O) groups is 2. The van der Waals surface area contributed by atoms with Crippen LogP contribution in [0.3, 0.4) is 0 Å². The molecule has 2 rings (SSSR count). The summed E-state index contributed by atoms with van der Waals surface area (Å²) in [4.78, 5) is 27.2. The number of nitrogens with one attached hydrogen (secondary N) is 1. The van der Waals surface area contributed by atoms with Gasteiger partial charge in [-0.2, -0.15) is 0 Å². The predicted molar refractivity (Wildman–Crippen MR) is 79.2 cm³/mol. The van der Waals surface area contributed by atoms with Gasteiger partial charge < -0.3 is 10.2 Å². The molecule has 2 fully saturated rings. The van der Waals surface area contributed by atoms with Crippen molar-refractivity contribution in [2.24, 2.45) is 5.92 Å². The summed E-state index contributed by atoms with van der Waals surface area (Å²) < 4.78 is 0. The van der Waals surface area contributed by atoms with E-state index in [9.17, 15) is 9.59 Å². The lowest BCUT2D eigenvalue weighted by molar-refractivity contribution is -0.159. The van der Waals surface area contributed by atoms with Crippen molar-refractivity contribution >= 4 is 11.8 Å². The lowest BCUT2D eigenvalue weighted by atomic mass is 9.77. The highest BCUT2D eigenvalue weighted by molar-refractivity contribution is 5.99. The molecule has 0 radical (unpaired) electrons. The number of amides is 2. The molecule has 0 aromatic heterocycles. The van der Waals surface area contributed by atoms with Crippen LogP contribution >= 0.6 is 0 Å². The minimum atomic E-state index is -0.608. The third-order valence-corrected chi connectivity index (χ3v) is 5.42. The highest BCUT2D eigenvalue weighted by Crippen LogP contribution is 2.35. The van der Waals surface area contributed by atoms with Gasteiger partial charge in [0, 0.05) is 6.04 Å². The number of carbonyl (C=O) groups excluding carboxylic acids is 2. The van der Waals surface area contributed by atoms with E-state index in [0.717, 1.165) is 32.1 Å². The van der Waals surface area contributed by atoms with E-state index in [-0.39, 0.29) is 23.9 Å². The zero-order valence-electron chi connectivity index (χ0n) is 13.2. The van der Waals surface area contributed by atoms with Crippen molar-refractivity contribution in [1.82, 2.24) is 10.2 Å². The first-order chi connectivity index (χ1) is 9.43. The summed E-state index contributed by atoms with van der Waals surface area (Å²) in [5, 5.41) is 3.04. The van der Waals surface area contributed by atoms with Crippen molar-refractivity contribution < 1.29 is 9.59 Å². The number of hydrogen-bond acceptors (Lipinski definition) is 2. The van der Waals surface area contributed by atoms with Crippen molar-refractivity contribution in [3.63, 3.8) is 0 Å². The molecule has 1 aliphatic heterocycles. The van der Waals surface area contributed by atoms with Crippen molar-refractivity contribution in [2.75, 3.05) is 0 Å². The van der Waals surface area contributed by atoms with Gasteiger partial charge in [-0.15, -0.1) is 0 Å². The molecule has 1 saturated carbocycles. The van der Waals surface area contributed by atoms with Gasteiger partial charge in [0.05, 0.1) is 0 Å². The van der Waals surface area contributed by atoms with Crippen molar-refractivity contribution in [3.05, 3.63) is 0 Å². The van der Waals surface area contributed by atoms with Crippen molar-refractivity contribution in [3.8, 4) is 0 Å². The van der Waals surface area contributed by atoms with Crippen molar-refractivity contribution in [2.45, 2.75) is 83.8 Å². The zero-order valence-corrected chi connectivity index (χ0v) is 13.2. The Morgan fingerprint density at radius 1 is 1.25 bits per heavy atom. The Bertz CT molecular complexity index is 388. The Kier molecular flexibility index (Phi) is 4.40. The molecular formula is C16H28N2O2. The van der Waals surface area contributed by atoms with Crippen LogP contribution in [0.4, 0.5) is 0 Å². The molecule has 4 heteroatoms. The molecule has 4 nitrogen and oxygen atoms in total. The van der Waals surface area contributed by atoms with E-state index in [1.165, 1.54) is 6.42 Å². The molecule has 1 heterocycles. The molecule has 0 aromatic rings. The van der Waals surface area contributed by atoms with Crippen LogP contribution in [0.15, 0.2) is 0 Å². The smallest absolute Gasteiger partial charge is 0.249 e. The second-order valence-electron chi connectivity index (χ2n) is 6.65. The second kappa shape index (κ2) is 5.74. The van der Waals surface area contributed by atoms with Gasteiger partial charge in [-0.05, 0) is 32.6 Å². The van der Waals surface area contributed by atoms with Gasteiger partial charge in [-0.1, -0.05) is 39.5 Å². The Hall–Kier alpha value is -1.06. The molecule has 1 N–H and O–H groups in total. The molecule has 2 aliphatic rings. The summed E-state index contributed by atoms with van der Waals surface area (Å²) in [6, 6.07) is -0.230. The van der Waals surface area contributed by atoms with E-state index in [0.29, 0.717) is 5.92 Å². The minimum absolute atomic E-state index is 0.0154. The highest BCUT2D eigenvalue weighted by Gasteiger charge is 2.51. The van der Waals surface area contributed by atoms with Crippen LogP contribution in [0.25, 0.3) is 0 Å². The molecule has 1 saturated heterocycles. The second-order valence-corrected chi connectivity index (χ2v) is 6.65. The summed E-state index contributed by atoms with van der Waals surface area (Å²) in [6.45, 7) is 8.22. The van der Waals surface area contributed by atoms with E-state index in [4.69, 9.17) is 0 Å². The van der Waals surface area contributed by atoms with Crippen molar-refractivity contribution in [1.29, 1.82) is 0 Å². The van der Waals surface area contributed by atoms with Gasteiger partial charge >= 0.3 is 0 Å². The fraction of sp³-hybridized carbons (Fsp3) is 0.875. The Morgan fingerprint density at radius 2 is 1.85 bits per heavy atom. The van der Waals surface area contributed by atoms with Gasteiger partial charge in [-0.25, -0.2) is 0 Å². The van der Waals surface area contributed by atoms with Gasteiger partial charge in [0.15, 0.2) is 0 Å². The fourth-order valence-electron chi connectivity index (χ4n) is 3.59. The average Bonchev–Trinajstić information content (AvgIpc) is 2.45. The number of nitrogens with zero attached hydrogens (tertiary/aromatic N) is 1. The summed E-state index contributed by atoms with van der Waals surface area (Å²) >= 11 is 0. The van der Waals surface area contributed by atoms with Crippen LogP contribution in [-0.2, 0) is 9.59 Å². The molecule has 3 unspecified atom stereocenters. The largest absolute Gasteiger partial charge is 0.340 e. The van der Waals surface area contributed by atoms with Crippen LogP contribution < -0.4 is 5.32 Å². The van der Waals surface area contributed by atoms with E-state index in [2.05, 4.69) is 26.1 Å². The maximum Gasteiger partial charge on any atom is 0.249 e. The minimum Gasteiger partial charge on any atom is -0.340 e. The lowest BCUT2D eigenvalue weighted by Crippen LogP contribution is -2.72. The number of rotatable bonds is 3. The fourth-order valence-corrected chi connectivity index (χ4v) is 3.59. The van der Waals surface area contributed by atoms with Gasteiger partial charge in [0.25, 0.3) is 0 Å². The van der Waals surface area contributed by atoms with Crippen LogP contribution in [-0.4, -0.2) is 34.3 Å². The summed E-state index contributed by atoms with van der Waals surface area (Å²) in [6.07, 6.45) is 5.85. The predicted octanol–water partition coefficient (Wildman–Crippen LogP) is 2.47. The van der Waals surface area contributed by atoms with Crippen LogP contribution in [0.1, 0.15) is 66.2 Å². The van der Waals surface area contributed by atoms with E-state index in [1.54, 1.807) is 0 Å². The van der Waals surface area contributed by atoms with E-state index in [1.807, 2.05) is 11.8 Å².